The van der Waals surface area contributed by atoms with Gasteiger partial charge < -0.3 is 20.9 Å². The molecular weight excluding hydrogens is 196 g/mol. The maximum absolute atomic E-state index is 11.8. The van der Waals surface area contributed by atoms with E-state index >= 15 is 0 Å². The monoisotopic (exact) mass is 216 g/mol. The summed E-state index contributed by atoms with van der Waals surface area (Å²) in [5.74, 6) is -0.139. The van der Waals surface area contributed by atoms with Gasteiger partial charge in [0, 0.05) is 12.6 Å². The fourth-order valence-corrected chi connectivity index (χ4v) is 1.48. The quantitative estimate of drug-likeness (QED) is 0.576. The van der Waals surface area contributed by atoms with E-state index in [1.807, 2.05) is 6.92 Å². The number of nitrogens with one attached hydrogen (secondary N) is 1. The maximum Gasteiger partial charge on any atom is 0.230 e. The van der Waals surface area contributed by atoms with Crippen LogP contribution in [0.5, 0.6) is 0 Å². The highest BCUT2D eigenvalue weighted by molar-refractivity contribution is 5.83. The molecule has 3 atom stereocenters. The van der Waals surface area contributed by atoms with E-state index in [0.29, 0.717) is 19.6 Å². The second-order valence-corrected chi connectivity index (χ2v) is 4.31. The first-order chi connectivity index (χ1) is 7.00. The smallest absolute Gasteiger partial charge is 0.230 e. The Morgan fingerprint density at radius 1 is 1.80 bits per heavy atom. The average molecular weight is 216 g/mol. The molecular formula is C10H20N2O3. The van der Waals surface area contributed by atoms with E-state index in [-0.39, 0.29) is 18.5 Å². The second-order valence-electron chi connectivity index (χ2n) is 4.31. The molecule has 0 saturated carbocycles. The Bertz CT molecular complexity index is 235. The van der Waals surface area contributed by atoms with Crippen LogP contribution in [-0.4, -0.2) is 42.9 Å². The minimum absolute atomic E-state index is 0.139. The summed E-state index contributed by atoms with van der Waals surface area (Å²) in [5.41, 5.74) is 5.15. The van der Waals surface area contributed by atoms with Crippen molar-refractivity contribution in [1.29, 1.82) is 0 Å². The van der Waals surface area contributed by atoms with Gasteiger partial charge in [-0.3, -0.25) is 4.79 Å². The van der Waals surface area contributed by atoms with Crippen LogP contribution in [0, 0.1) is 5.41 Å². The van der Waals surface area contributed by atoms with Crippen molar-refractivity contribution in [2.24, 2.45) is 11.1 Å². The number of carbonyl (C=O) groups is 1. The summed E-state index contributed by atoms with van der Waals surface area (Å²) in [6.45, 7) is 4.70. The average Bonchev–Trinajstić information content (AvgIpc) is 2.56. The summed E-state index contributed by atoms with van der Waals surface area (Å²) in [7, 11) is 0. The molecule has 0 aromatic rings. The van der Waals surface area contributed by atoms with Crippen molar-refractivity contribution in [1.82, 2.24) is 5.32 Å². The Hall–Kier alpha value is -0.650. The largest absolute Gasteiger partial charge is 0.391 e. The Morgan fingerprint density at radius 3 is 2.93 bits per heavy atom. The normalized spacial score (nSPS) is 32.7. The minimum Gasteiger partial charge on any atom is -0.391 e. The molecule has 1 rings (SSSR count). The van der Waals surface area contributed by atoms with Crippen LogP contribution in [-0.2, 0) is 9.53 Å². The molecule has 88 valence electrons. The topological polar surface area (TPSA) is 84.6 Å². The van der Waals surface area contributed by atoms with Crippen molar-refractivity contribution in [2.45, 2.75) is 32.4 Å². The van der Waals surface area contributed by atoms with Crippen molar-refractivity contribution in [3.63, 3.8) is 0 Å². The highest BCUT2D eigenvalue weighted by atomic mass is 16.5. The molecule has 1 heterocycles. The molecule has 5 nitrogen and oxygen atoms in total. The maximum atomic E-state index is 11.8. The molecule has 5 heteroatoms. The van der Waals surface area contributed by atoms with Gasteiger partial charge in [0.05, 0.1) is 24.7 Å². The van der Waals surface area contributed by atoms with Crippen LogP contribution in [0.3, 0.4) is 0 Å². The van der Waals surface area contributed by atoms with Gasteiger partial charge in [-0.1, -0.05) is 6.92 Å². The molecule has 0 radical (unpaired) electrons. The zero-order chi connectivity index (χ0) is 11.5. The van der Waals surface area contributed by atoms with Crippen molar-refractivity contribution < 1.29 is 14.6 Å². The SMILES string of the molecule is CCC(O)CNC(=O)C1(C)COCC1N. The van der Waals surface area contributed by atoms with Crippen LogP contribution in [0.2, 0.25) is 0 Å². The number of nitrogens with two attached hydrogens (primary N) is 1. The summed E-state index contributed by atoms with van der Waals surface area (Å²) in [5, 5.41) is 12.0. The second kappa shape index (κ2) is 4.92. The first-order valence-corrected chi connectivity index (χ1v) is 5.30. The lowest BCUT2D eigenvalue weighted by Gasteiger charge is -2.25. The molecule has 1 aliphatic rings. The van der Waals surface area contributed by atoms with E-state index in [0.717, 1.165) is 0 Å². The van der Waals surface area contributed by atoms with Crippen LogP contribution < -0.4 is 11.1 Å². The first kappa shape index (κ1) is 12.4. The van der Waals surface area contributed by atoms with Gasteiger partial charge in [-0.25, -0.2) is 0 Å². The number of rotatable bonds is 4. The van der Waals surface area contributed by atoms with E-state index < -0.39 is 11.5 Å². The number of aliphatic hydroxyl groups is 1. The fourth-order valence-electron chi connectivity index (χ4n) is 1.48. The van der Waals surface area contributed by atoms with Gasteiger partial charge in [-0.05, 0) is 13.3 Å². The third kappa shape index (κ3) is 2.68. The van der Waals surface area contributed by atoms with Crippen LogP contribution in [0.25, 0.3) is 0 Å². The standard InChI is InChI=1S/C10H20N2O3/c1-3-7(13)4-12-9(14)10(2)6-15-5-8(10)11/h7-8,13H,3-6,11H2,1-2H3,(H,12,14). The molecule has 1 saturated heterocycles. The van der Waals surface area contributed by atoms with Crippen LogP contribution >= 0.6 is 0 Å². The molecule has 4 N–H and O–H groups in total. The van der Waals surface area contributed by atoms with E-state index in [9.17, 15) is 9.90 Å². The summed E-state index contributed by atoms with van der Waals surface area (Å²) in [6, 6.07) is -0.267. The Morgan fingerprint density at radius 2 is 2.47 bits per heavy atom. The third-order valence-electron chi connectivity index (χ3n) is 3.01. The summed E-state index contributed by atoms with van der Waals surface area (Å²) in [4.78, 5) is 11.8. The third-order valence-corrected chi connectivity index (χ3v) is 3.01. The summed E-state index contributed by atoms with van der Waals surface area (Å²) < 4.78 is 5.18. The van der Waals surface area contributed by atoms with Gasteiger partial charge in [0.2, 0.25) is 5.91 Å². The highest BCUT2D eigenvalue weighted by Gasteiger charge is 2.44. The predicted octanol–water partition coefficient (Wildman–Crippen LogP) is -0.763. The van der Waals surface area contributed by atoms with Crippen molar-refractivity contribution in [2.75, 3.05) is 19.8 Å². The van der Waals surface area contributed by atoms with Crippen LogP contribution in [0.4, 0.5) is 0 Å². The molecule has 1 fully saturated rings. The summed E-state index contributed by atoms with van der Waals surface area (Å²) in [6.07, 6.45) is 0.135. The number of amides is 1. The molecule has 0 bridgehead atoms. The molecule has 0 aliphatic carbocycles. The van der Waals surface area contributed by atoms with E-state index in [4.69, 9.17) is 10.5 Å². The van der Waals surface area contributed by atoms with Gasteiger partial charge in [0.1, 0.15) is 0 Å². The van der Waals surface area contributed by atoms with Gasteiger partial charge in [-0.15, -0.1) is 0 Å². The Balaban J connectivity index is 2.46. The molecule has 0 spiro atoms. The Labute approximate surface area is 90.0 Å². The van der Waals surface area contributed by atoms with E-state index in [2.05, 4.69) is 5.32 Å². The van der Waals surface area contributed by atoms with Crippen molar-refractivity contribution >= 4 is 5.91 Å². The lowest BCUT2D eigenvalue weighted by Crippen LogP contribution is -2.51. The number of ether oxygens (including phenoxy) is 1. The van der Waals surface area contributed by atoms with Crippen molar-refractivity contribution in [3.8, 4) is 0 Å². The number of hydrogen-bond acceptors (Lipinski definition) is 4. The van der Waals surface area contributed by atoms with Gasteiger partial charge in [0.15, 0.2) is 0 Å². The van der Waals surface area contributed by atoms with E-state index in [1.165, 1.54) is 0 Å². The van der Waals surface area contributed by atoms with Gasteiger partial charge in [-0.2, -0.15) is 0 Å². The van der Waals surface area contributed by atoms with Crippen LogP contribution in [0.15, 0.2) is 0 Å². The molecule has 1 amide bonds. The molecule has 0 aromatic heterocycles. The molecule has 15 heavy (non-hydrogen) atoms. The highest BCUT2D eigenvalue weighted by Crippen LogP contribution is 2.26. The zero-order valence-electron chi connectivity index (χ0n) is 9.32. The van der Waals surface area contributed by atoms with Crippen molar-refractivity contribution in [3.05, 3.63) is 0 Å². The first-order valence-electron chi connectivity index (χ1n) is 5.30. The fraction of sp³-hybridized carbons (Fsp3) is 0.900. The van der Waals surface area contributed by atoms with E-state index in [1.54, 1.807) is 6.92 Å². The number of carbonyl (C=O) groups excluding carboxylic acids is 1. The molecule has 0 aromatic carbocycles. The minimum atomic E-state index is -0.659. The lowest BCUT2D eigenvalue weighted by molar-refractivity contribution is -0.131. The van der Waals surface area contributed by atoms with Gasteiger partial charge in [0.25, 0.3) is 0 Å². The number of aliphatic hydroxyl groups excluding tert-OH is 1. The van der Waals surface area contributed by atoms with Gasteiger partial charge >= 0.3 is 0 Å². The predicted molar refractivity (Wildman–Crippen MR) is 56.2 cm³/mol. The van der Waals surface area contributed by atoms with Crippen LogP contribution in [0.1, 0.15) is 20.3 Å². The number of hydrogen-bond donors (Lipinski definition) is 3. The molecule has 1 aliphatic heterocycles. The molecule has 3 unspecified atom stereocenters. The Kier molecular flexibility index (Phi) is 4.07. The zero-order valence-corrected chi connectivity index (χ0v) is 9.32. The lowest BCUT2D eigenvalue weighted by atomic mass is 9.85. The summed E-state index contributed by atoms with van der Waals surface area (Å²) >= 11 is 0.